The van der Waals surface area contributed by atoms with Crippen molar-refractivity contribution in [3.63, 3.8) is 0 Å². The van der Waals surface area contributed by atoms with Gasteiger partial charge in [-0.2, -0.15) is 10.5 Å². The summed E-state index contributed by atoms with van der Waals surface area (Å²) >= 11 is 0. The molecule has 1 unspecified atom stereocenters. The highest BCUT2D eigenvalue weighted by Gasteiger charge is 2.14. The van der Waals surface area contributed by atoms with E-state index in [1.807, 2.05) is 19.1 Å². The van der Waals surface area contributed by atoms with Gasteiger partial charge in [-0.15, -0.1) is 0 Å². The fourth-order valence-corrected chi connectivity index (χ4v) is 2.70. The third-order valence-electron chi connectivity index (χ3n) is 2.94. The van der Waals surface area contributed by atoms with Gasteiger partial charge in [0.1, 0.15) is 0 Å². The van der Waals surface area contributed by atoms with Gasteiger partial charge < -0.3 is 0 Å². The third-order valence-corrected chi connectivity index (χ3v) is 3.74. The average Bonchev–Trinajstić information content (AvgIpc) is 2.77. The van der Waals surface area contributed by atoms with E-state index >= 15 is 0 Å². The Morgan fingerprint density at radius 2 is 2.25 bits per heavy atom. The number of nitrogens with one attached hydrogen (secondary N) is 1. The maximum Gasteiger partial charge on any atom is 0.258 e. The van der Waals surface area contributed by atoms with Crippen LogP contribution in [0, 0.1) is 6.92 Å². The average molecular weight is 291 g/mol. The summed E-state index contributed by atoms with van der Waals surface area (Å²) in [6.07, 6.45) is 2.08. The fourth-order valence-electron chi connectivity index (χ4n) is 1.86. The Morgan fingerprint density at radius 3 is 2.85 bits per heavy atom. The SMILES string of the molecule is C=S(C)Cc1cccc(C(=O)Nc2nnnn2C)c1C. The van der Waals surface area contributed by atoms with E-state index in [1.165, 1.54) is 4.68 Å². The second-order valence-electron chi connectivity index (χ2n) is 4.60. The minimum Gasteiger partial charge on any atom is -0.289 e. The number of hydrogen-bond acceptors (Lipinski definition) is 4. The number of aryl methyl sites for hydroxylation is 1. The first-order valence-electron chi connectivity index (χ1n) is 6.03. The van der Waals surface area contributed by atoms with Crippen LogP contribution in [0.4, 0.5) is 5.95 Å². The molecule has 6 nitrogen and oxygen atoms in total. The summed E-state index contributed by atoms with van der Waals surface area (Å²) in [6, 6.07) is 5.72. The zero-order valence-electron chi connectivity index (χ0n) is 11.8. The largest absolute Gasteiger partial charge is 0.289 e. The van der Waals surface area contributed by atoms with Gasteiger partial charge in [0.2, 0.25) is 5.95 Å². The molecular weight excluding hydrogens is 274 g/mol. The van der Waals surface area contributed by atoms with Crippen LogP contribution in [0.1, 0.15) is 21.5 Å². The van der Waals surface area contributed by atoms with Crippen molar-refractivity contribution in [2.75, 3.05) is 11.6 Å². The highest BCUT2D eigenvalue weighted by atomic mass is 32.2. The Kier molecular flexibility index (Phi) is 4.29. The van der Waals surface area contributed by atoms with E-state index in [-0.39, 0.29) is 16.4 Å². The predicted octanol–water partition coefficient (Wildman–Crippen LogP) is 1.60. The number of amides is 1. The molecule has 0 saturated carbocycles. The monoisotopic (exact) mass is 291 g/mol. The summed E-state index contributed by atoms with van der Waals surface area (Å²) in [6.45, 7) is 1.95. The summed E-state index contributed by atoms with van der Waals surface area (Å²) in [5.74, 6) is 5.01. The quantitative estimate of drug-likeness (QED) is 0.868. The highest BCUT2D eigenvalue weighted by Crippen LogP contribution is 2.21. The molecule has 0 spiro atoms. The number of rotatable bonds is 4. The number of benzene rings is 1. The lowest BCUT2D eigenvalue weighted by atomic mass is 10.0. The van der Waals surface area contributed by atoms with Crippen LogP contribution >= 0.6 is 10.5 Å². The summed E-state index contributed by atoms with van der Waals surface area (Å²) < 4.78 is 1.41. The standard InChI is InChI=1S/C13H17N5OS/c1-9-10(8-20(3)4)6-5-7-11(9)12(19)14-13-15-16-17-18(13)2/h5-7H,3,8H2,1-2,4H3,(H,14,15,17,19). The Morgan fingerprint density at radius 1 is 1.50 bits per heavy atom. The molecule has 1 amide bonds. The van der Waals surface area contributed by atoms with Crippen LogP contribution in [-0.4, -0.2) is 38.2 Å². The Hall–Kier alpha value is -2.02. The minimum absolute atomic E-state index is 0.0483. The first-order valence-corrected chi connectivity index (χ1v) is 8.00. The normalized spacial score (nSPS) is 12.2. The van der Waals surface area contributed by atoms with Crippen molar-refractivity contribution in [2.45, 2.75) is 12.7 Å². The van der Waals surface area contributed by atoms with Crippen LogP contribution in [0.5, 0.6) is 0 Å². The second kappa shape index (κ2) is 5.96. The smallest absolute Gasteiger partial charge is 0.258 e. The van der Waals surface area contributed by atoms with Crippen LogP contribution < -0.4 is 5.32 Å². The van der Waals surface area contributed by atoms with E-state index < -0.39 is 0 Å². The van der Waals surface area contributed by atoms with Crippen LogP contribution in [-0.2, 0) is 12.8 Å². The van der Waals surface area contributed by atoms with Gasteiger partial charge in [0.25, 0.3) is 5.91 Å². The van der Waals surface area contributed by atoms with E-state index in [0.717, 1.165) is 16.9 Å². The van der Waals surface area contributed by atoms with Crippen molar-refractivity contribution in [2.24, 2.45) is 7.05 Å². The maximum atomic E-state index is 12.3. The first kappa shape index (κ1) is 14.4. The van der Waals surface area contributed by atoms with Gasteiger partial charge in [0.15, 0.2) is 0 Å². The number of carbonyl (C=O) groups excluding carboxylic acids is 1. The number of anilines is 1. The van der Waals surface area contributed by atoms with Gasteiger partial charge >= 0.3 is 0 Å². The molecule has 0 aliphatic heterocycles. The predicted molar refractivity (Wildman–Crippen MR) is 82.3 cm³/mol. The highest BCUT2D eigenvalue weighted by molar-refractivity contribution is 8.12. The van der Waals surface area contributed by atoms with Gasteiger partial charge in [0, 0.05) is 18.4 Å². The zero-order chi connectivity index (χ0) is 14.7. The van der Waals surface area contributed by atoms with Crippen molar-refractivity contribution in [3.8, 4) is 0 Å². The summed E-state index contributed by atoms with van der Waals surface area (Å²) in [4.78, 5) is 12.3. The van der Waals surface area contributed by atoms with E-state index in [1.54, 1.807) is 13.1 Å². The van der Waals surface area contributed by atoms with Gasteiger partial charge in [-0.3, -0.25) is 10.1 Å². The molecule has 0 bridgehead atoms. The molecule has 2 aromatic rings. The number of hydrogen-bond donors (Lipinski definition) is 1. The zero-order valence-corrected chi connectivity index (χ0v) is 12.6. The Bertz CT molecular complexity index is 665. The molecule has 1 aromatic carbocycles. The van der Waals surface area contributed by atoms with Crippen molar-refractivity contribution in [3.05, 3.63) is 34.9 Å². The molecule has 7 heteroatoms. The van der Waals surface area contributed by atoms with Crippen LogP contribution in [0.25, 0.3) is 0 Å². The van der Waals surface area contributed by atoms with Gasteiger partial charge in [-0.1, -0.05) is 23.1 Å². The molecule has 2 rings (SSSR count). The van der Waals surface area contributed by atoms with Gasteiger partial charge in [-0.25, -0.2) is 4.68 Å². The minimum atomic E-state index is -0.206. The van der Waals surface area contributed by atoms with Crippen molar-refractivity contribution < 1.29 is 4.79 Å². The van der Waals surface area contributed by atoms with Gasteiger partial charge in [0.05, 0.1) is 0 Å². The second-order valence-corrected chi connectivity index (χ2v) is 6.45. The number of tetrazole rings is 1. The Labute approximate surface area is 120 Å². The lowest BCUT2D eigenvalue weighted by Gasteiger charge is -2.11. The van der Waals surface area contributed by atoms with E-state index in [4.69, 9.17) is 0 Å². The molecule has 1 aromatic heterocycles. The molecule has 1 N–H and O–H groups in total. The Balaban J connectivity index is 2.26. The lowest BCUT2D eigenvalue weighted by molar-refractivity contribution is 0.102. The molecule has 0 radical (unpaired) electrons. The molecule has 0 fully saturated rings. The van der Waals surface area contributed by atoms with E-state index in [0.29, 0.717) is 11.5 Å². The molecule has 20 heavy (non-hydrogen) atoms. The topological polar surface area (TPSA) is 72.7 Å². The summed E-state index contributed by atoms with van der Waals surface area (Å²) in [7, 11) is 1.72. The molecule has 0 aliphatic rings. The molecular formula is C13H17N5OS. The van der Waals surface area contributed by atoms with Crippen molar-refractivity contribution >= 4 is 28.2 Å². The first-order chi connectivity index (χ1) is 9.49. The summed E-state index contributed by atoms with van der Waals surface area (Å²) in [5.41, 5.74) is 2.76. The van der Waals surface area contributed by atoms with Crippen molar-refractivity contribution in [1.82, 2.24) is 20.2 Å². The fraction of sp³-hybridized carbons (Fsp3) is 0.308. The number of nitrogens with zero attached hydrogens (tertiary/aromatic N) is 4. The van der Waals surface area contributed by atoms with Crippen molar-refractivity contribution in [1.29, 1.82) is 0 Å². The van der Waals surface area contributed by atoms with E-state index in [9.17, 15) is 4.79 Å². The molecule has 1 heterocycles. The van der Waals surface area contributed by atoms with E-state index in [2.05, 4.69) is 33.0 Å². The molecule has 1 atom stereocenters. The molecule has 0 saturated heterocycles. The molecule has 106 valence electrons. The number of carbonyl (C=O) groups is 1. The maximum absolute atomic E-state index is 12.3. The van der Waals surface area contributed by atoms with Crippen LogP contribution in [0.15, 0.2) is 18.2 Å². The lowest BCUT2D eigenvalue weighted by Crippen LogP contribution is -2.17. The molecule has 0 aliphatic carbocycles. The summed E-state index contributed by atoms with van der Waals surface area (Å²) in [5, 5.41) is 13.6. The van der Waals surface area contributed by atoms with Crippen LogP contribution in [0.2, 0.25) is 0 Å². The van der Waals surface area contributed by atoms with Crippen LogP contribution in [0.3, 0.4) is 0 Å². The number of aromatic nitrogens is 4. The third kappa shape index (κ3) is 3.11. The van der Waals surface area contributed by atoms with Gasteiger partial charge in [-0.05, 0) is 40.8 Å².